The van der Waals surface area contributed by atoms with Crippen molar-refractivity contribution in [3.8, 4) is 11.5 Å². The number of sulfonamides is 1. The number of ether oxygens (including phenoxy) is 2. The summed E-state index contributed by atoms with van der Waals surface area (Å²) in [6, 6.07) is 14.9. The molecule has 2 aliphatic heterocycles. The third-order valence-electron chi connectivity index (χ3n) is 4.62. The van der Waals surface area contributed by atoms with E-state index in [0.29, 0.717) is 24.0 Å². The molecule has 6 nitrogen and oxygen atoms in total. The van der Waals surface area contributed by atoms with E-state index in [9.17, 15) is 8.42 Å². The molecule has 1 N–H and O–H groups in total. The molecule has 1 fully saturated rings. The molecule has 0 aliphatic carbocycles. The van der Waals surface area contributed by atoms with Crippen LogP contribution < -0.4 is 19.1 Å². The first kappa shape index (κ1) is 16.2. The number of anilines is 1. The minimum Gasteiger partial charge on any atom is -0.454 e. The highest BCUT2D eigenvalue weighted by Crippen LogP contribution is 2.33. The fourth-order valence-corrected chi connectivity index (χ4v) is 4.36. The Kier molecular flexibility index (Phi) is 4.27. The van der Waals surface area contributed by atoms with Gasteiger partial charge in [-0.25, -0.2) is 13.1 Å². The molecule has 1 unspecified atom stereocenters. The van der Waals surface area contributed by atoms with Crippen molar-refractivity contribution in [2.75, 3.05) is 31.3 Å². The SMILES string of the molecule is O=S(=O)(NCC1CCN(c2ccccc2)C1)c1ccc2c(c1)OCO2. The Balaban J connectivity index is 1.38. The average molecular weight is 360 g/mol. The van der Waals surface area contributed by atoms with Gasteiger partial charge in [-0.15, -0.1) is 0 Å². The summed E-state index contributed by atoms with van der Waals surface area (Å²) in [6.45, 7) is 2.36. The van der Waals surface area contributed by atoms with E-state index in [1.54, 1.807) is 12.1 Å². The molecule has 0 radical (unpaired) electrons. The smallest absolute Gasteiger partial charge is 0.240 e. The van der Waals surface area contributed by atoms with Gasteiger partial charge in [-0.05, 0) is 36.6 Å². The Hall–Kier alpha value is -2.25. The van der Waals surface area contributed by atoms with Gasteiger partial charge in [-0.2, -0.15) is 0 Å². The summed E-state index contributed by atoms with van der Waals surface area (Å²) in [6.07, 6.45) is 0.971. The third kappa shape index (κ3) is 3.43. The molecule has 0 spiro atoms. The summed E-state index contributed by atoms with van der Waals surface area (Å²) in [5.74, 6) is 1.34. The lowest BCUT2D eigenvalue weighted by atomic mass is 10.1. The summed E-state index contributed by atoms with van der Waals surface area (Å²) in [4.78, 5) is 2.49. The summed E-state index contributed by atoms with van der Waals surface area (Å²) in [7, 11) is -3.56. The van der Waals surface area contributed by atoms with Gasteiger partial charge >= 0.3 is 0 Å². The van der Waals surface area contributed by atoms with Crippen LogP contribution in [0.5, 0.6) is 11.5 Å². The van der Waals surface area contributed by atoms with Crippen LogP contribution in [0.15, 0.2) is 53.4 Å². The van der Waals surface area contributed by atoms with Crippen LogP contribution in [0.25, 0.3) is 0 Å². The minimum atomic E-state index is -3.56. The fourth-order valence-electron chi connectivity index (χ4n) is 3.23. The summed E-state index contributed by atoms with van der Waals surface area (Å²) < 4.78 is 38.2. The van der Waals surface area contributed by atoms with E-state index in [1.165, 1.54) is 11.8 Å². The summed E-state index contributed by atoms with van der Waals surface area (Å²) in [5, 5.41) is 0. The van der Waals surface area contributed by atoms with E-state index in [1.807, 2.05) is 18.2 Å². The molecule has 25 heavy (non-hydrogen) atoms. The monoisotopic (exact) mass is 360 g/mol. The highest BCUT2D eigenvalue weighted by molar-refractivity contribution is 7.89. The van der Waals surface area contributed by atoms with E-state index < -0.39 is 10.0 Å². The molecule has 0 bridgehead atoms. The van der Waals surface area contributed by atoms with Crippen molar-refractivity contribution in [1.29, 1.82) is 0 Å². The van der Waals surface area contributed by atoms with E-state index in [0.717, 1.165) is 19.5 Å². The van der Waals surface area contributed by atoms with Gasteiger partial charge in [0.2, 0.25) is 16.8 Å². The molecular formula is C18H20N2O4S. The van der Waals surface area contributed by atoms with Gasteiger partial charge in [0, 0.05) is 31.4 Å². The van der Waals surface area contributed by atoms with Crippen LogP contribution in [-0.2, 0) is 10.0 Å². The van der Waals surface area contributed by atoms with Crippen molar-refractivity contribution in [2.24, 2.45) is 5.92 Å². The van der Waals surface area contributed by atoms with E-state index in [-0.39, 0.29) is 11.7 Å². The number of hydrogen-bond donors (Lipinski definition) is 1. The van der Waals surface area contributed by atoms with Crippen LogP contribution in [-0.4, -0.2) is 34.8 Å². The number of rotatable bonds is 5. The largest absolute Gasteiger partial charge is 0.454 e. The van der Waals surface area contributed by atoms with Gasteiger partial charge < -0.3 is 14.4 Å². The van der Waals surface area contributed by atoms with Gasteiger partial charge in [0.1, 0.15) is 0 Å². The number of benzene rings is 2. The fraction of sp³-hybridized carbons (Fsp3) is 0.333. The molecule has 0 aromatic heterocycles. The molecule has 1 atom stereocenters. The van der Waals surface area contributed by atoms with Crippen molar-refractivity contribution in [2.45, 2.75) is 11.3 Å². The van der Waals surface area contributed by atoms with Crippen LogP contribution in [0.3, 0.4) is 0 Å². The average Bonchev–Trinajstić information content (AvgIpc) is 3.29. The van der Waals surface area contributed by atoms with E-state index >= 15 is 0 Å². The minimum absolute atomic E-state index is 0.129. The number of nitrogens with zero attached hydrogens (tertiary/aromatic N) is 1. The number of hydrogen-bond acceptors (Lipinski definition) is 5. The lowest BCUT2D eigenvalue weighted by Crippen LogP contribution is -2.31. The topological polar surface area (TPSA) is 67.9 Å². The molecule has 2 heterocycles. The van der Waals surface area contributed by atoms with Crippen molar-refractivity contribution in [3.63, 3.8) is 0 Å². The summed E-state index contributed by atoms with van der Waals surface area (Å²) in [5.41, 5.74) is 1.18. The van der Waals surface area contributed by atoms with Crippen LogP contribution in [0.1, 0.15) is 6.42 Å². The maximum absolute atomic E-state index is 12.5. The predicted molar refractivity (Wildman–Crippen MR) is 94.5 cm³/mol. The zero-order chi connectivity index (χ0) is 17.3. The molecule has 2 aromatic carbocycles. The second-order valence-corrected chi connectivity index (χ2v) is 8.07. The van der Waals surface area contributed by atoms with E-state index in [4.69, 9.17) is 9.47 Å². The first-order valence-corrected chi connectivity index (χ1v) is 9.79. The first-order chi connectivity index (χ1) is 12.1. The van der Waals surface area contributed by atoms with Gasteiger partial charge in [-0.1, -0.05) is 18.2 Å². The lowest BCUT2D eigenvalue weighted by Gasteiger charge is -2.18. The van der Waals surface area contributed by atoms with Crippen LogP contribution in [0.4, 0.5) is 5.69 Å². The maximum Gasteiger partial charge on any atom is 0.240 e. The molecular weight excluding hydrogens is 340 g/mol. The highest BCUT2D eigenvalue weighted by atomic mass is 32.2. The standard InChI is InChI=1S/C18H20N2O4S/c21-25(22,16-6-7-17-18(10-16)24-13-23-17)19-11-14-8-9-20(12-14)15-4-2-1-3-5-15/h1-7,10,14,19H,8-9,11-13H2. The third-order valence-corrected chi connectivity index (χ3v) is 6.04. The Labute approximate surface area is 147 Å². The van der Waals surface area contributed by atoms with Gasteiger partial charge in [0.05, 0.1) is 4.90 Å². The van der Waals surface area contributed by atoms with E-state index in [2.05, 4.69) is 21.8 Å². The molecule has 4 rings (SSSR count). The van der Waals surface area contributed by atoms with Gasteiger partial charge in [0.15, 0.2) is 11.5 Å². The predicted octanol–water partition coefficient (Wildman–Crippen LogP) is 2.22. The Bertz CT molecular complexity index is 855. The van der Waals surface area contributed by atoms with Gasteiger partial charge in [-0.3, -0.25) is 0 Å². The maximum atomic E-state index is 12.5. The molecule has 2 aliphatic rings. The first-order valence-electron chi connectivity index (χ1n) is 8.31. The molecule has 132 valence electrons. The number of nitrogens with one attached hydrogen (secondary N) is 1. The number of fused-ring (bicyclic) bond motifs is 1. The van der Waals surface area contributed by atoms with Crippen molar-refractivity contribution < 1.29 is 17.9 Å². The zero-order valence-corrected chi connectivity index (χ0v) is 14.5. The quantitative estimate of drug-likeness (QED) is 0.886. The van der Waals surface area contributed by atoms with Crippen LogP contribution in [0.2, 0.25) is 0 Å². The number of para-hydroxylation sites is 1. The Morgan fingerprint density at radius 2 is 1.88 bits per heavy atom. The molecule has 0 saturated carbocycles. The Morgan fingerprint density at radius 3 is 2.72 bits per heavy atom. The summed E-state index contributed by atoms with van der Waals surface area (Å²) >= 11 is 0. The molecule has 2 aromatic rings. The molecule has 1 saturated heterocycles. The van der Waals surface area contributed by atoms with Crippen molar-refractivity contribution in [3.05, 3.63) is 48.5 Å². The zero-order valence-electron chi connectivity index (χ0n) is 13.7. The second-order valence-electron chi connectivity index (χ2n) is 6.30. The van der Waals surface area contributed by atoms with Gasteiger partial charge in [0.25, 0.3) is 0 Å². The van der Waals surface area contributed by atoms with Crippen molar-refractivity contribution in [1.82, 2.24) is 4.72 Å². The van der Waals surface area contributed by atoms with Crippen LogP contribution in [0, 0.1) is 5.92 Å². The second kappa shape index (κ2) is 6.57. The lowest BCUT2D eigenvalue weighted by molar-refractivity contribution is 0.174. The molecule has 7 heteroatoms. The van der Waals surface area contributed by atoms with Crippen molar-refractivity contribution >= 4 is 15.7 Å². The highest BCUT2D eigenvalue weighted by Gasteiger charge is 2.25. The molecule has 0 amide bonds. The van der Waals surface area contributed by atoms with Crippen LogP contribution >= 0.6 is 0 Å². The Morgan fingerprint density at radius 1 is 1.08 bits per heavy atom. The normalized spacial score (nSPS) is 19.4.